The van der Waals surface area contributed by atoms with Crippen LogP contribution in [0.3, 0.4) is 0 Å². The van der Waals surface area contributed by atoms with E-state index in [9.17, 15) is 4.79 Å². The second kappa shape index (κ2) is 11.2. The third kappa shape index (κ3) is 5.83. The number of nitrogens with zero attached hydrogens (tertiary/aromatic N) is 3. The Morgan fingerprint density at radius 2 is 1.39 bits per heavy atom. The average Bonchev–Trinajstić information content (AvgIpc) is 2.91. The minimum absolute atomic E-state index is 0.128. The van der Waals surface area contributed by atoms with E-state index in [1.54, 1.807) is 14.2 Å². The van der Waals surface area contributed by atoms with Crippen LogP contribution in [0.5, 0.6) is 11.5 Å². The molecule has 3 aromatic carbocycles. The van der Waals surface area contributed by atoms with Crippen LogP contribution in [0, 0.1) is 13.8 Å². The van der Waals surface area contributed by atoms with Gasteiger partial charge in [-0.05, 0) is 92.6 Å². The zero-order valence-electron chi connectivity index (χ0n) is 20.9. The van der Waals surface area contributed by atoms with E-state index in [0.717, 1.165) is 33.9 Å². The fraction of sp³-hybridized carbons (Fsp3) is 0.214. The van der Waals surface area contributed by atoms with Crippen LogP contribution < -0.4 is 14.8 Å². The molecule has 0 aliphatic carbocycles. The van der Waals surface area contributed by atoms with Crippen LogP contribution in [0.4, 0.5) is 5.69 Å². The molecule has 0 radical (unpaired) electrons. The van der Waals surface area contributed by atoms with Crippen LogP contribution in [-0.4, -0.2) is 40.6 Å². The number of aryl methyl sites for hydroxylation is 2. The van der Waals surface area contributed by atoms with Crippen molar-refractivity contribution in [2.24, 2.45) is 0 Å². The molecule has 1 heterocycles. The molecular formula is C28H28N4O3S. The fourth-order valence-corrected chi connectivity index (χ4v) is 4.24. The van der Waals surface area contributed by atoms with Gasteiger partial charge in [0, 0.05) is 16.8 Å². The van der Waals surface area contributed by atoms with Gasteiger partial charge in [-0.25, -0.2) is 4.98 Å². The molecule has 8 heteroatoms. The molecule has 0 bridgehead atoms. The lowest BCUT2D eigenvalue weighted by Gasteiger charge is -2.14. The molecule has 0 aliphatic rings. The Hall–Kier alpha value is -3.91. The number of carbonyl (C=O) groups excluding carboxylic acids is 1. The molecule has 0 fully saturated rings. The quantitative estimate of drug-likeness (QED) is 0.299. The Labute approximate surface area is 215 Å². The first-order valence-electron chi connectivity index (χ1n) is 11.5. The van der Waals surface area contributed by atoms with Gasteiger partial charge >= 0.3 is 0 Å². The predicted molar refractivity (Wildman–Crippen MR) is 144 cm³/mol. The van der Waals surface area contributed by atoms with E-state index in [1.807, 2.05) is 87.5 Å². The van der Waals surface area contributed by atoms with E-state index in [0.29, 0.717) is 16.5 Å². The molecule has 4 rings (SSSR count). The van der Waals surface area contributed by atoms with Crippen molar-refractivity contribution in [2.45, 2.75) is 31.2 Å². The predicted octanol–water partition coefficient (Wildman–Crippen LogP) is 5.96. The lowest BCUT2D eigenvalue weighted by molar-refractivity contribution is -0.115. The highest BCUT2D eigenvalue weighted by molar-refractivity contribution is 8.00. The maximum Gasteiger partial charge on any atom is 0.237 e. The van der Waals surface area contributed by atoms with Gasteiger partial charge in [-0.15, -0.1) is 10.2 Å². The molecule has 7 nitrogen and oxygen atoms in total. The summed E-state index contributed by atoms with van der Waals surface area (Å²) >= 11 is 1.26. The monoisotopic (exact) mass is 500 g/mol. The van der Waals surface area contributed by atoms with Crippen molar-refractivity contribution in [2.75, 3.05) is 19.5 Å². The van der Waals surface area contributed by atoms with Crippen LogP contribution in [0.25, 0.3) is 22.5 Å². The Balaban J connectivity index is 1.62. The number of thioether (sulfide) groups is 1. The van der Waals surface area contributed by atoms with Crippen molar-refractivity contribution < 1.29 is 14.3 Å². The van der Waals surface area contributed by atoms with Gasteiger partial charge in [-0.3, -0.25) is 4.79 Å². The van der Waals surface area contributed by atoms with E-state index in [-0.39, 0.29) is 5.91 Å². The summed E-state index contributed by atoms with van der Waals surface area (Å²) in [7, 11) is 3.26. The van der Waals surface area contributed by atoms with E-state index in [1.165, 1.54) is 17.3 Å². The van der Waals surface area contributed by atoms with Gasteiger partial charge in [0.15, 0.2) is 0 Å². The lowest BCUT2D eigenvalue weighted by Crippen LogP contribution is -2.22. The molecule has 184 valence electrons. The van der Waals surface area contributed by atoms with Crippen molar-refractivity contribution >= 4 is 23.4 Å². The molecule has 0 saturated heterocycles. The molecule has 36 heavy (non-hydrogen) atoms. The van der Waals surface area contributed by atoms with Gasteiger partial charge in [0.2, 0.25) is 11.1 Å². The van der Waals surface area contributed by atoms with Gasteiger partial charge in [-0.1, -0.05) is 17.8 Å². The minimum atomic E-state index is -0.427. The molecule has 1 amide bonds. The van der Waals surface area contributed by atoms with E-state index in [4.69, 9.17) is 14.5 Å². The maximum atomic E-state index is 12.9. The van der Waals surface area contributed by atoms with Crippen LogP contribution in [0.15, 0.2) is 71.9 Å². The molecule has 0 aliphatic heterocycles. The first kappa shape index (κ1) is 25.2. The van der Waals surface area contributed by atoms with Crippen molar-refractivity contribution in [3.63, 3.8) is 0 Å². The zero-order chi connectivity index (χ0) is 25.7. The number of amides is 1. The molecular weight excluding hydrogens is 472 g/mol. The summed E-state index contributed by atoms with van der Waals surface area (Å²) in [5, 5.41) is 11.8. The normalized spacial score (nSPS) is 11.6. The Bertz CT molecular complexity index is 1360. The number of hydrogen-bond acceptors (Lipinski definition) is 7. The maximum absolute atomic E-state index is 12.9. The van der Waals surface area contributed by atoms with Crippen LogP contribution in [0.1, 0.15) is 18.1 Å². The number of ether oxygens (including phenoxy) is 2. The standard InChI is InChI=1S/C28H28N4O3S/c1-17-6-11-22(16-18(17)2)29-27(33)19(3)36-28-30-25(20-7-12-23(34-4)13-8-20)26(31-32-28)21-9-14-24(35-5)15-10-21/h6-16,19H,1-5H3,(H,29,33). The first-order valence-corrected chi connectivity index (χ1v) is 12.3. The molecule has 1 aromatic heterocycles. The largest absolute Gasteiger partial charge is 0.497 e. The molecule has 0 spiro atoms. The second-order valence-electron chi connectivity index (χ2n) is 8.30. The second-order valence-corrected chi connectivity index (χ2v) is 9.60. The van der Waals surface area contributed by atoms with E-state index in [2.05, 4.69) is 15.5 Å². The first-order chi connectivity index (χ1) is 17.4. The van der Waals surface area contributed by atoms with E-state index < -0.39 is 5.25 Å². The van der Waals surface area contributed by atoms with Gasteiger partial charge < -0.3 is 14.8 Å². The summed E-state index contributed by atoms with van der Waals surface area (Å²) in [4.78, 5) is 17.7. The fourth-order valence-electron chi connectivity index (χ4n) is 3.53. The summed E-state index contributed by atoms with van der Waals surface area (Å²) in [6.07, 6.45) is 0. The van der Waals surface area contributed by atoms with E-state index >= 15 is 0 Å². The number of aromatic nitrogens is 3. The van der Waals surface area contributed by atoms with Gasteiger partial charge in [0.1, 0.15) is 22.9 Å². The molecule has 0 saturated carbocycles. The van der Waals surface area contributed by atoms with Crippen LogP contribution in [-0.2, 0) is 4.79 Å². The Morgan fingerprint density at radius 3 is 1.94 bits per heavy atom. The molecule has 1 atom stereocenters. The highest BCUT2D eigenvalue weighted by atomic mass is 32.2. The van der Waals surface area contributed by atoms with Crippen molar-refractivity contribution in [1.82, 2.24) is 15.2 Å². The molecule has 1 unspecified atom stereocenters. The minimum Gasteiger partial charge on any atom is -0.497 e. The molecule has 1 N–H and O–H groups in total. The summed E-state index contributed by atoms with van der Waals surface area (Å²) < 4.78 is 10.6. The lowest BCUT2D eigenvalue weighted by atomic mass is 10.0. The summed E-state index contributed by atoms with van der Waals surface area (Å²) in [5.74, 6) is 1.37. The number of carbonyl (C=O) groups is 1. The third-order valence-corrected chi connectivity index (χ3v) is 6.77. The molecule has 4 aromatic rings. The van der Waals surface area contributed by atoms with Crippen LogP contribution >= 0.6 is 11.8 Å². The third-order valence-electron chi connectivity index (χ3n) is 5.82. The number of rotatable bonds is 8. The number of hydrogen-bond donors (Lipinski definition) is 1. The van der Waals surface area contributed by atoms with Gasteiger partial charge in [-0.2, -0.15) is 0 Å². The average molecular weight is 501 g/mol. The Kier molecular flexibility index (Phi) is 7.85. The Morgan fingerprint density at radius 1 is 0.806 bits per heavy atom. The van der Waals surface area contributed by atoms with Crippen molar-refractivity contribution in [1.29, 1.82) is 0 Å². The number of nitrogens with one attached hydrogen (secondary N) is 1. The summed E-state index contributed by atoms with van der Waals surface area (Å²) in [5.41, 5.74) is 6.10. The van der Waals surface area contributed by atoms with Gasteiger partial charge in [0.05, 0.1) is 19.5 Å². The van der Waals surface area contributed by atoms with Crippen molar-refractivity contribution in [3.8, 4) is 34.0 Å². The zero-order valence-corrected chi connectivity index (χ0v) is 21.7. The number of benzene rings is 3. The van der Waals surface area contributed by atoms with Crippen molar-refractivity contribution in [3.05, 3.63) is 77.9 Å². The smallest absolute Gasteiger partial charge is 0.237 e. The summed E-state index contributed by atoms with van der Waals surface area (Å²) in [6, 6.07) is 21.1. The highest BCUT2D eigenvalue weighted by Gasteiger charge is 2.20. The number of methoxy groups -OCH3 is 2. The SMILES string of the molecule is COc1ccc(-c2nnc(SC(C)C(=O)Nc3ccc(C)c(C)c3)nc2-c2ccc(OC)cc2)cc1. The van der Waals surface area contributed by atoms with Crippen LogP contribution in [0.2, 0.25) is 0 Å². The topological polar surface area (TPSA) is 86.2 Å². The summed E-state index contributed by atoms with van der Waals surface area (Å²) in [6.45, 7) is 5.89. The number of anilines is 1. The highest BCUT2D eigenvalue weighted by Crippen LogP contribution is 2.32. The van der Waals surface area contributed by atoms with Gasteiger partial charge in [0.25, 0.3) is 0 Å².